The van der Waals surface area contributed by atoms with E-state index in [2.05, 4.69) is 36.4 Å². The van der Waals surface area contributed by atoms with Crippen molar-refractivity contribution in [1.29, 1.82) is 0 Å². The lowest BCUT2D eigenvalue weighted by Crippen LogP contribution is -2.14. The Morgan fingerprint density at radius 1 is 1.14 bits per heavy atom. The molecule has 0 aliphatic rings. The molecule has 1 amide bonds. The molecular weight excluding hydrogens is 470 g/mol. The summed E-state index contributed by atoms with van der Waals surface area (Å²) in [5.74, 6) is 0.788. The van der Waals surface area contributed by atoms with E-state index in [-0.39, 0.29) is 11.7 Å². The Morgan fingerprint density at radius 3 is 2.62 bits per heavy atom. The van der Waals surface area contributed by atoms with Gasteiger partial charge < -0.3 is 5.32 Å². The Hall–Kier alpha value is -2.49. The third kappa shape index (κ3) is 4.58. The van der Waals surface area contributed by atoms with Crippen LogP contribution in [0.4, 0.5) is 5.13 Å². The van der Waals surface area contributed by atoms with Crippen LogP contribution in [-0.4, -0.2) is 31.4 Å². The smallest absolute Gasteiger partial charge is 0.236 e. The van der Waals surface area contributed by atoms with Crippen LogP contribution in [0.2, 0.25) is 0 Å². The number of aromatic nitrogens is 4. The second-order valence-electron chi connectivity index (χ2n) is 6.07. The predicted octanol–water partition coefficient (Wildman–Crippen LogP) is 5.19. The second-order valence-corrected chi connectivity index (χ2v) is 9.10. The van der Waals surface area contributed by atoms with Crippen molar-refractivity contribution in [1.82, 2.24) is 19.7 Å². The standard InChI is InChI=1S/C20H16BrN5OS2/c1-13-11-22-19(29-13)23-17(27)12-28-20-25-24-18(15-9-5-6-10-16(15)21)26(20)14-7-3-2-4-8-14/h2-11H,12H2,1H3,(H,22,23,27). The summed E-state index contributed by atoms with van der Waals surface area (Å²) in [5.41, 5.74) is 1.86. The maximum atomic E-state index is 12.3. The van der Waals surface area contributed by atoms with Gasteiger partial charge in [-0.3, -0.25) is 9.36 Å². The molecule has 2 aromatic heterocycles. The van der Waals surface area contributed by atoms with E-state index in [4.69, 9.17) is 0 Å². The van der Waals surface area contributed by atoms with E-state index in [0.29, 0.717) is 16.1 Å². The summed E-state index contributed by atoms with van der Waals surface area (Å²) >= 11 is 6.38. The van der Waals surface area contributed by atoms with Gasteiger partial charge in [-0.2, -0.15) is 0 Å². The zero-order valence-corrected chi connectivity index (χ0v) is 18.6. The minimum absolute atomic E-state index is 0.130. The Balaban J connectivity index is 1.62. The number of thioether (sulfide) groups is 1. The second kappa shape index (κ2) is 8.89. The van der Waals surface area contributed by atoms with Crippen molar-refractivity contribution in [2.45, 2.75) is 12.1 Å². The zero-order valence-electron chi connectivity index (χ0n) is 15.4. The highest BCUT2D eigenvalue weighted by molar-refractivity contribution is 9.10. The fraction of sp³-hybridized carbons (Fsp3) is 0.100. The highest BCUT2D eigenvalue weighted by atomic mass is 79.9. The van der Waals surface area contributed by atoms with Crippen molar-refractivity contribution in [3.8, 4) is 17.1 Å². The van der Waals surface area contributed by atoms with Gasteiger partial charge in [-0.1, -0.05) is 64.1 Å². The minimum Gasteiger partial charge on any atom is -0.301 e. The SMILES string of the molecule is Cc1cnc(NC(=O)CSc2nnc(-c3ccccc3Br)n2-c2ccccc2)s1. The van der Waals surface area contributed by atoms with E-state index in [9.17, 15) is 4.79 Å². The number of hydrogen-bond acceptors (Lipinski definition) is 6. The summed E-state index contributed by atoms with van der Waals surface area (Å²) in [7, 11) is 0. The number of rotatable bonds is 6. The summed E-state index contributed by atoms with van der Waals surface area (Å²) < 4.78 is 2.89. The van der Waals surface area contributed by atoms with Gasteiger partial charge in [-0.05, 0) is 25.1 Å². The fourth-order valence-corrected chi connectivity index (χ4v) is 4.58. The highest BCUT2D eigenvalue weighted by Crippen LogP contribution is 2.32. The summed E-state index contributed by atoms with van der Waals surface area (Å²) in [6.07, 6.45) is 1.74. The van der Waals surface area contributed by atoms with Gasteiger partial charge in [0.1, 0.15) is 0 Å². The first kappa shape index (κ1) is 19.8. The molecule has 4 rings (SSSR count). The van der Waals surface area contributed by atoms with Crippen LogP contribution in [0, 0.1) is 6.92 Å². The summed E-state index contributed by atoms with van der Waals surface area (Å²) in [6.45, 7) is 1.95. The van der Waals surface area contributed by atoms with Crippen LogP contribution in [-0.2, 0) is 4.79 Å². The van der Waals surface area contributed by atoms with Crippen LogP contribution in [0.5, 0.6) is 0 Å². The third-order valence-corrected chi connectivity index (χ3v) is 6.41. The first-order chi connectivity index (χ1) is 14.1. The van der Waals surface area contributed by atoms with Crippen LogP contribution in [0.25, 0.3) is 17.1 Å². The van der Waals surface area contributed by atoms with Gasteiger partial charge in [0.2, 0.25) is 5.91 Å². The molecule has 6 nitrogen and oxygen atoms in total. The van der Waals surface area contributed by atoms with Crippen molar-refractivity contribution in [2.75, 3.05) is 11.1 Å². The Morgan fingerprint density at radius 2 is 1.90 bits per heavy atom. The lowest BCUT2D eigenvalue weighted by atomic mass is 10.2. The van der Waals surface area contributed by atoms with E-state index in [1.807, 2.05) is 66.1 Å². The Bertz CT molecular complexity index is 1140. The summed E-state index contributed by atoms with van der Waals surface area (Å²) in [5, 5.41) is 12.8. The molecule has 2 heterocycles. The average molecular weight is 486 g/mol. The molecule has 0 bridgehead atoms. The van der Waals surface area contributed by atoms with Crippen molar-refractivity contribution < 1.29 is 4.79 Å². The monoisotopic (exact) mass is 485 g/mol. The van der Waals surface area contributed by atoms with Crippen LogP contribution >= 0.6 is 39.0 Å². The normalized spacial score (nSPS) is 10.8. The van der Waals surface area contributed by atoms with E-state index in [1.165, 1.54) is 23.1 Å². The molecule has 1 N–H and O–H groups in total. The molecule has 0 aliphatic heterocycles. The van der Waals surface area contributed by atoms with Gasteiger partial charge >= 0.3 is 0 Å². The molecule has 0 saturated carbocycles. The molecule has 4 aromatic rings. The first-order valence-corrected chi connectivity index (χ1v) is 11.3. The molecular formula is C20H16BrN5OS2. The number of carbonyl (C=O) groups is 1. The molecule has 146 valence electrons. The largest absolute Gasteiger partial charge is 0.301 e. The van der Waals surface area contributed by atoms with Gasteiger partial charge in [-0.15, -0.1) is 21.5 Å². The molecule has 0 radical (unpaired) electrons. The van der Waals surface area contributed by atoms with Crippen LogP contribution in [0.1, 0.15) is 4.88 Å². The fourth-order valence-electron chi connectivity index (χ4n) is 2.69. The number of hydrogen-bond donors (Lipinski definition) is 1. The van der Waals surface area contributed by atoms with Gasteiger partial charge in [0.25, 0.3) is 0 Å². The zero-order chi connectivity index (χ0) is 20.2. The molecule has 0 aliphatic carbocycles. The third-order valence-electron chi connectivity index (χ3n) is 3.96. The molecule has 0 unspecified atom stereocenters. The van der Waals surface area contributed by atoms with Crippen LogP contribution in [0.15, 0.2) is 70.4 Å². The summed E-state index contributed by atoms with van der Waals surface area (Å²) in [6, 6.07) is 17.7. The highest BCUT2D eigenvalue weighted by Gasteiger charge is 2.19. The molecule has 2 aromatic carbocycles. The predicted molar refractivity (Wildman–Crippen MR) is 121 cm³/mol. The lowest BCUT2D eigenvalue weighted by molar-refractivity contribution is -0.113. The first-order valence-electron chi connectivity index (χ1n) is 8.72. The summed E-state index contributed by atoms with van der Waals surface area (Å²) in [4.78, 5) is 17.6. The Kier molecular flexibility index (Phi) is 6.08. The van der Waals surface area contributed by atoms with Crippen molar-refractivity contribution in [3.63, 3.8) is 0 Å². The van der Waals surface area contributed by atoms with Crippen molar-refractivity contribution >= 4 is 50.1 Å². The molecule has 0 saturated heterocycles. The molecule has 0 fully saturated rings. The van der Waals surface area contributed by atoms with Crippen LogP contribution in [0.3, 0.4) is 0 Å². The quantitative estimate of drug-likeness (QED) is 0.380. The number of benzene rings is 2. The van der Waals surface area contributed by atoms with Crippen molar-refractivity contribution in [2.24, 2.45) is 0 Å². The van der Waals surface area contributed by atoms with E-state index in [1.54, 1.807) is 6.20 Å². The van der Waals surface area contributed by atoms with Gasteiger partial charge in [0, 0.05) is 26.8 Å². The number of anilines is 1. The minimum atomic E-state index is -0.130. The van der Waals surface area contributed by atoms with Gasteiger partial charge in [0.15, 0.2) is 16.1 Å². The molecule has 0 atom stereocenters. The number of carbonyl (C=O) groups excluding carboxylic acids is 1. The van der Waals surface area contributed by atoms with Gasteiger partial charge in [0.05, 0.1) is 5.75 Å². The number of nitrogens with zero attached hydrogens (tertiary/aromatic N) is 4. The number of aryl methyl sites for hydroxylation is 1. The number of para-hydroxylation sites is 1. The maximum absolute atomic E-state index is 12.3. The average Bonchev–Trinajstić information content (AvgIpc) is 3.33. The number of amides is 1. The van der Waals surface area contributed by atoms with E-state index >= 15 is 0 Å². The molecule has 0 spiro atoms. The number of thiazole rings is 1. The van der Waals surface area contributed by atoms with Crippen molar-refractivity contribution in [3.05, 3.63) is 70.1 Å². The topological polar surface area (TPSA) is 72.7 Å². The number of nitrogens with one attached hydrogen (secondary N) is 1. The lowest BCUT2D eigenvalue weighted by Gasteiger charge is -2.11. The molecule has 9 heteroatoms. The molecule has 29 heavy (non-hydrogen) atoms. The maximum Gasteiger partial charge on any atom is 0.236 e. The van der Waals surface area contributed by atoms with Gasteiger partial charge in [-0.25, -0.2) is 4.98 Å². The van der Waals surface area contributed by atoms with Crippen LogP contribution < -0.4 is 5.32 Å². The number of halogens is 1. The van der Waals surface area contributed by atoms with E-state index < -0.39 is 0 Å². The van der Waals surface area contributed by atoms with E-state index in [0.717, 1.165) is 20.6 Å². The Labute approximate surface area is 184 Å².